The summed E-state index contributed by atoms with van der Waals surface area (Å²) in [6.45, 7) is 8.08. The standard InChI is InChI=1S/C29H45NOSi/c1-4-7-23-32(24-8-5-2,25-9-6-3)31-29(28-21-16-22-30-28,26-17-12-10-13-18-26)27-19-14-11-15-20-27/h10-15,17-20,28,30H,4-9,16,21-25H2,1-3H3/t28-/m0/s1. The van der Waals surface area contributed by atoms with Gasteiger partial charge in [0.15, 0.2) is 8.32 Å². The third-order valence-electron chi connectivity index (χ3n) is 7.29. The van der Waals surface area contributed by atoms with Crippen LogP contribution in [0, 0.1) is 0 Å². The van der Waals surface area contributed by atoms with Crippen LogP contribution in [0.25, 0.3) is 0 Å². The Labute approximate surface area is 198 Å². The van der Waals surface area contributed by atoms with E-state index in [9.17, 15) is 0 Å². The highest BCUT2D eigenvalue weighted by molar-refractivity contribution is 6.74. The second kappa shape index (κ2) is 12.7. The molecule has 0 unspecified atom stereocenters. The summed E-state index contributed by atoms with van der Waals surface area (Å²) in [7, 11) is -1.97. The van der Waals surface area contributed by atoms with Crippen molar-refractivity contribution in [3.8, 4) is 0 Å². The average molecular weight is 452 g/mol. The van der Waals surface area contributed by atoms with Gasteiger partial charge < -0.3 is 9.74 Å². The van der Waals surface area contributed by atoms with E-state index in [0.29, 0.717) is 6.04 Å². The number of hydrogen-bond acceptors (Lipinski definition) is 2. The van der Waals surface area contributed by atoms with Crippen LogP contribution in [0.3, 0.4) is 0 Å². The lowest BCUT2D eigenvalue weighted by atomic mass is 9.79. The first kappa shape index (κ1) is 25.2. The predicted molar refractivity (Wildman–Crippen MR) is 141 cm³/mol. The smallest absolute Gasteiger partial charge is 0.194 e. The zero-order chi connectivity index (χ0) is 22.7. The summed E-state index contributed by atoms with van der Waals surface area (Å²) in [6.07, 6.45) is 10.0. The lowest BCUT2D eigenvalue weighted by molar-refractivity contribution is 0.0576. The highest BCUT2D eigenvalue weighted by Crippen LogP contribution is 2.45. The van der Waals surface area contributed by atoms with Crippen LogP contribution in [0.1, 0.15) is 83.3 Å². The first-order chi connectivity index (χ1) is 15.7. The van der Waals surface area contributed by atoms with Crippen molar-refractivity contribution in [3.63, 3.8) is 0 Å². The topological polar surface area (TPSA) is 21.3 Å². The highest BCUT2D eigenvalue weighted by Gasteiger charge is 2.50. The van der Waals surface area contributed by atoms with E-state index >= 15 is 0 Å². The van der Waals surface area contributed by atoms with Crippen LogP contribution in [0.5, 0.6) is 0 Å². The summed E-state index contributed by atoms with van der Waals surface area (Å²) >= 11 is 0. The van der Waals surface area contributed by atoms with E-state index in [1.54, 1.807) is 0 Å². The fraction of sp³-hybridized carbons (Fsp3) is 0.586. The Morgan fingerprint density at radius 2 is 1.25 bits per heavy atom. The predicted octanol–water partition coefficient (Wildman–Crippen LogP) is 8.04. The molecule has 0 aliphatic carbocycles. The molecule has 1 aliphatic heterocycles. The Morgan fingerprint density at radius 1 is 0.781 bits per heavy atom. The SMILES string of the molecule is CCCC[Si](CCCC)(CCCC)OC(c1ccccc1)(c1ccccc1)[C@@H]1CCCN1. The maximum Gasteiger partial charge on any atom is 0.194 e. The van der Waals surface area contributed by atoms with E-state index in [4.69, 9.17) is 4.43 Å². The third kappa shape index (κ3) is 5.92. The fourth-order valence-corrected chi connectivity index (χ4v) is 10.6. The maximum absolute atomic E-state index is 7.86. The second-order valence-corrected chi connectivity index (χ2v) is 13.8. The van der Waals surface area contributed by atoms with Gasteiger partial charge in [0.2, 0.25) is 0 Å². The van der Waals surface area contributed by atoms with Gasteiger partial charge in [-0.1, -0.05) is 120 Å². The molecule has 1 atom stereocenters. The monoisotopic (exact) mass is 451 g/mol. The molecule has 3 heteroatoms. The second-order valence-electron chi connectivity index (χ2n) is 9.71. The molecule has 1 heterocycles. The van der Waals surface area contributed by atoms with Gasteiger partial charge in [-0.05, 0) is 48.6 Å². The molecule has 3 rings (SSSR count). The maximum atomic E-state index is 7.86. The van der Waals surface area contributed by atoms with Gasteiger partial charge in [0.05, 0.1) is 0 Å². The van der Waals surface area contributed by atoms with E-state index in [0.717, 1.165) is 6.54 Å². The number of hydrogen-bond donors (Lipinski definition) is 1. The summed E-state index contributed by atoms with van der Waals surface area (Å²) in [6, 6.07) is 26.5. The number of benzene rings is 2. The molecule has 1 saturated heterocycles. The van der Waals surface area contributed by atoms with Gasteiger partial charge in [-0.15, -0.1) is 0 Å². The fourth-order valence-electron chi connectivity index (χ4n) is 5.53. The molecule has 2 aromatic rings. The molecule has 1 fully saturated rings. The summed E-state index contributed by atoms with van der Waals surface area (Å²) < 4.78 is 7.86. The molecular weight excluding hydrogens is 406 g/mol. The molecule has 2 aromatic carbocycles. The van der Waals surface area contributed by atoms with E-state index in [1.807, 2.05) is 0 Å². The first-order valence-corrected chi connectivity index (χ1v) is 15.8. The number of unbranched alkanes of at least 4 members (excludes halogenated alkanes) is 3. The van der Waals surface area contributed by atoms with Crippen molar-refractivity contribution in [3.05, 3.63) is 71.8 Å². The average Bonchev–Trinajstić information content (AvgIpc) is 3.40. The van der Waals surface area contributed by atoms with E-state index in [-0.39, 0.29) is 0 Å². The van der Waals surface area contributed by atoms with Crippen LogP contribution >= 0.6 is 0 Å². The highest BCUT2D eigenvalue weighted by atomic mass is 28.4. The van der Waals surface area contributed by atoms with Gasteiger partial charge in [0, 0.05) is 6.04 Å². The van der Waals surface area contributed by atoms with Crippen LogP contribution < -0.4 is 5.32 Å². The lowest BCUT2D eigenvalue weighted by Gasteiger charge is -2.48. The normalized spacial score (nSPS) is 17.0. The molecule has 0 bridgehead atoms. The van der Waals surface area contributed by atoms with Crippen molar-refractivity contribution in [1.82, 2.24) is 5.32 Å². The summed E-state index contributed by atoms with van der Waals surface area (Å²) in [5, 5.41) is 3.88. The number of rotatable bonds is 14. The van der Waals surface area contributed by atoms with Crippen molar-refractivity contribution in [2.24, 2.45) is 0 Å². The van der Waals surface area contributed by atoms with Crippen LogP contribution in [0.15, 0.2) is 60.7 Å². The summed E-state index contributed by atoms with van der Waals surface area (Å²) in [5.74, 6) is 0. The van der Waals surface area contributed by atoms with Gasteiger partial charge in [-0.25, -0.2) is 0 Å². The van der Waals surface area contributed by atoms with E-state index < -0.39 is 13.9 Å². The molecule has 1 N–H and O–H groups in total. The largest absolute Gasteiger partial charge is 0.402 e. The molecule has 2 nitrogen and oxygen atoms in total. The Kier molecular flexibility index (Phi) is 10.0. The van der Waals surface area contributed by atoms with Crippen molar-refractivity contribution in [1.29, 1.82) is 0 Å². The molecule has 176 valence electrons. The van der Waals surface area contributed by atoms with Gasteiger partial charge in [-0.3, -0.25) is 0 Å². The minimum atomic E-state index is -1.97. The van der Waals surface area contributed by atoms with Crippen molar-refractivity contribution in [2.45, 2.75) is 102 Å². The van der Waals surface area contributed by atoms with Gasteiger partial charge >= 0.3 is 0 Å². The summed E-state index contributed by atoms with van der Waals surface area (Å²) in [4.78, 5) is 0. The molecule has 0 radical (unpaired) electrons. The Morgan fingerprint density at radius 3 is 1.62 bits per heavy atom. The molecular formula is C29H45NOSi. The molecule has 0 amide bonds. The molecule has 0 saturated carbocycles. The molecule has 0 aromatic heterocycles. The minimum absolute atomic E-state index is 0.323. The zero-order valence-corrected chi connectivity index (χ0v) is 21.7. The first-order valence-electron chi connectivity index (χ1n) is 13.3. The van der Waals surface area contributed by atoms with Crippen LogP contribution in [0.2, 0.25) is 18.1 Å². The van der Waals surface area contributed by atoms with Crippen LogP contribution in [-0.4, -0.2) is 20.9 Å². The summed E-state index contributed by atoms with van der Waals surface area (Å²) in [5.41, 5.74) is 2.25. The third-order valence-corrected chi connectivity index (χ3v) is 11.8. The van der Waals surface area contributed by atoms with Gasteiger partial charge in [0.1, 0.15) is 5.60 Å². The van der Waals surface area contributed by atoms with Crippen molar-refractivity contribution in [2.75, 3.05) is 6.54 Å². The lowest BCUT2D eigenvalue weighted by Crippen LogP contribution is -2.55. The zero-order valence-electron chi connectivity index (χ0n) is 20.7. The quantitative estimate of drug-likeness (QED) is 0.293. The van der Waals surface area contributed by atoms with Crippen molar-refractivity contribution >= 4 is 8.32 Å². The van der Waals surface area contributed by atoms with E-state index in [2.05, 4.69) is 86.8 Å². The van der Waals surface area contributed by atoms with Crippen LogP contribution in [-0.2, 0) is 10.0 Å². The van der Waals surface area contributed by atoms with Gasteiger partial charge in [-0.2, -0.15) is 0 Å². The Hall–Kier alpha value is -1.42. The van der Waals surface area contributed by atoms with E-state index in [1.165, 1.54) is 80.6 Å². The van der Waals surface area contributed by atoms with Gasteiger partial charge in [0.25, 0.3) is 0 Å². The molecule has 0 spiro atoms. The van der Waals surface area contributed by atoms with Crippen molar-refractivity contribution < 1.29 is 4.43 Å². The molecule has 1 aliphatic rings. The van der Waals surface area contributed by atoms with Crippen LogP contribution in [0.4, 0.5) is 0 Å². The molecule has 32 heavy (non-hydrogen) atoms. The minimum Gasteiger partial charge on any atom is -0.402 e. The Balaban J connectivity index is 2.17. The Bertz CT molecular complexity index is 696. The number of nitrogens with one attached hydrogen (secondary N) is 1.